The van der Waals surface area contributed by atoms with E-state index in [9.17, 15) is 17.6 Å². The van der Waals surface area contributed by atoms with E-state index in [4.69, 9.17) is 4.74 Å². The van der Waals surface area contributed by atoms with Crippen molar-refractivity contribution in [3.05, 3.63) is 72.0 Å². The first-order valence-corrected chi connectivity index (χ1v) is 12.2. The van der Waals surface area contributed by atoms with E-state index in [0.29, 0.717) is 35.8 Å². The van der Waals surface area contributed by atoms with Crippen LogP contribution in [0.5, 0.6) is 5.75 Å². The monoisotopic (exact) mass is 479 g/mol. The number of hydrogen-bond donors (Lipinski definition) is 2. The second kappa shape index (κ2) is 8.18. The number of carbonyl (C=O) groups excluding carboxylic acids is 1. The van der Waals surface area contributed by atoms with Gasteiger partial charge in [0.25, 0.3) is 10.0 Å². The highest BCUT2D eigenvalue weighted by Crippen LogP contribution is 2.37. The van der Waals surface area contributed by atoms with Crippen molar-refractivity contribution >= 4 is 38.2 Å². The quantitative estimate of drug-likeness (QED) is 0.439. The number of ether oxygens (including phenoxy) is 1. The Balaban J connectivity index is 1.47. The standard InChI is InChI=1S/C25H22FN3O4S/c1-15-10-23-24(33-9-8-29(23)16(2)30)14-25(15)34(31,32)28-20-5-3-4-17(12-20)22-13-18-11-19(26)6-7-21(18)27-22/h3-7,10-14,27-28H,8-9H2,1-2H3. The number of aromatic amines is 1. The number of benzene rings is 3. The molecule has 3 aromatic carbocycles. The summed E-state index contributed by atoms with van der Waals surface area (Å²) >= 11 is 0. The highest BCUT2D eigenvalue weighted by Gasteiger charge is 2.26. The molecule has 0 atom stereocenters. The molecule has 2 heterocycles. The maximum atomic E-state index is 13.5. The van der Waals surface area contributed by atoms with Gasteiger partial charge in [0.1, 0.15) is 18.2 Å². The van der Waals surface area contributed by atoms with Gasteiger partial charge in [-0.05, 0) is 55.0 Å². The Labute approximate surface area is 196 Å². The van der Waals surface area contributed by atoms with Crippen molar-refractivity contribution in [3.63, 3.8) is 0 Å². The minimum atomic E-state index is -3.94. The molecule has 1 aliphatic rings. The molecule has 0 saturated carbocycles. The summed E-state index contributed by atoms with van der Waals surface area (Å²) in [6, 6.07) is 16.4. The van der Waals surface area contributed by atoms with Crippen LogP contribution in [0.4, 0.5) is 15.8 Å². The Morgan fingerprint density at radius 2 is 1.94 bits per heavy atom. The molecule has 174 valence electrons. The molecule has 2 N–H and O–H groups in total. The van der Waals surface area contributed by atoms with Gasteiger partial charge in [-0.15, -0.1) is 0 Å². The lowest BCUT2D eigenvalue weighted by molar-refractivity contribution is -0.116. The third-order valence-corrected chi connectivity index (χ3v) is 7.32. The molecular weight excluding hydrogens is 457 g/mol. The number of anilines is 2. The Bertz CT molecular complexity index is 1550. The van der Waals surface area contributed by atoms with Crippen LogP contribution in [0.2, 0.25) is 0 Å². The van der Waals surface area contributed by atoms with E-state index in [1.165, 1.54) is 25.1 Å². The summed E-state index contributed by atoms with van der Waals surface area (Å²) in [5.41, 5.74) is 3.71. The number of fused-ring (bicyclic) bond motifs is 2. The van der Waals surface area contributed by atoms with Crippen LogP contribution in [-0.2, 0) is 14.8 Å². The van der Waals surface area contributed by atoms with Crippen LogP contribution in [0.3, 0.4) is 0 Å². The number of nitrogens with one attached hydrogen (secondary N) is 2. The first-order valence-electron chi connectivity index (χ1n) is 10.7. The molecule has 0 bridgehead atoms. The maximum Gasteiger partial charge on any atom is 0.262 e. The van der Waals surface area contributed by atoms with Gasteiger partial charge in [0, 0.05) is 40.8 Å². The van der Waals surface area contributed by atoms with Crippen molar-refractivity contribution in [1.82, 2.24) is 4.98 Å². The predicted octanol–water partition coefficient (Wildman–Crippen LogP) is 4.83. The molecule has 34 heavy (non-hydrogen) atoms. The summed E-state index contributed by atoms with van der Waals surface area (Å²) in [7, 11) is -3.94. The lowest BCUT2D eigenvalue weighted by Crippen LogP contribution is -2.36. The average Bonchev–Trinajstić information content (AvgIpc) is 3.21. The molecule has 0 saturated heterocycles. The summed E-state index contributed by atoms with van der Waals surface area (Å²) in [6.07, 6.45) is 0. The fourth-order valence-corrected chi connectivity index (χ4v) is 5.48. The Morgan fingerprint density at radius 3 is 2.74 bits per heavy atom. The van der Waals surface area contributed by atoms with E-state index < -0.39 is 10.0 Å². The van der Waals surface area contributed by atoms with Gasteiger partial charge in [-0.1, -0.05) is 12.1 Å². The number of hydrogen-bond acceptors (Lipinski definition) is 4. The number of sulfonamides is 1. The van der Waals surface area contributed by atoms with Gasteiger partial charge < -0.3 is 14.6 Å². The minimum Gasteiger partial charge on any atom is -0.489 e. The number of halogens is 1. The van der Waals surface area contributed by atoms with Gasteiger partial charge in [-0.25, -0.2) is 12.8 Å². The molecule has 1 aliphatic heterocycles. The van der Waals surface area contributed by atoms with Crippen LogP contribution in [0.15, 0.2) is 65.6 Å². The lowest BCUT2D eigenvalue weighted by Gasteiger charge is -2.29. The van der Waals surface area contributed by atoms with E-state index in [1.807, 2.05) is 12.1 Å². The Hall–Kier alpha value is -3.85. The topological polar surface area (TPSA) is 91.5 Å². The smallest absolute Gasteiger partial charge is 0.262 e. The summed E-state index contributed by atoms with van der Waals surface area (Å²) in [6.45, 7) is 3.85. The number of rotatable bonds is 4. The molecule has 5 rings (SSSR count). The first-order chi connectivity index (χ1) is 16.2. The SMILES string of the molecule is CC(=O)N1CCOc2cc(S(=O)(=O)Nc3cccc(-c4cc5cc(F)ccc5[nH]4)c3)c(C)cc21. The normalized spacial score (nSPS) is 13.4. The number of H-pyrrole nitrogens is 1. The van der Waals surface area contributed by atoms with Crippen LogP contribution in [0.1, 0.15) is 12.5 Å². The number of aromatic nitrogens is 1. The number of aryl methyl sites for hydroxylation is 1. The van der Waals surface area contributed by atoms with Gasteiger partial charge in [0.2, 0.25) is 5.91 Å². The van der Waals surface area contributed by atoms with E-state index in [0.717, 1.165) is 22.2 Å². The molecule has 9 heteroatoms. The first kappa shape index (κ1) is 22.0. The lowest BCUT2D eigenvalue weighted by atomic mass is 10.1. The van der Waals surface area contributed by atoms with Crippen molar-refractivity contribution in [2.45, 2.75) is 18.7 Å². The van der Waals surface area contributed by atoms with Crippen LogP contribution in [0.25, 0.3) is 22.2 Å². The molecule has 0 aliphatic carbocycles. The zero-order valence-electron chi connectivity index (χ0n) is 18.6. The fraction of sp³-hybridized carbons (Fsp3) is 0.160. The van der Waals surface area contributed by atoms with Crippen molar-refractivity contribution in [3.8, 4) is 17.0 Å². The molecule has 0 unspecified atom stereocenters. The van der Waals surface area contributed by atoms with Crippen LogP contribution < -0.4 is 14.4 Å². The van der Waals surface area contributed by atoms with E-state index in [2.05, 4.69) is 9.71 Å². The average molecular weight is 480 g/mol. The van der Waals surface area contributed by atoms with Crippen LogP contribution >= 0.6 is 0 Å². The van der Waals surface area contributed by atoms with E-state index >= 15 is 0 Å². The number of nitrogens with zero attached hydrogens (tertiary/aromatic N) is 1. The fourth-order valence-electron chi connectivity index (χ4n) is 4.18. The largest absolute Gasteiger partial charge is 0.489 e. The Kier molecular flexibility index (Phi) is 5.28. The highest BCUT2D eigenvalue weighted by atomic mass is 32.2. The highest BCUT2D eigenvalue weighted by molar-refractivity contribution is 7.92. The molecule has 0 spiro atoms. The molecule has 0 fully saturated rings. The summed E-state index contributed by atoms with van der Waals surface area (Å²) in [5, 5.41) is 0.727. The Morgan fingerprint density at radius 1 is 1.12 bits per heavy atom. The van der Waals surface area contributed by atoms with Crippen LogP contribution in [0, 0.1) is 12.7 Å². The van der Waals surface area contributed by atoms with E-state index in [1.54, 1.807) is 42.2 Å². The zero-order valence-corrected chi connectivity index (χ0v) is 19.4. The summed E-state index contributed by atoms with van der Waals surface area (Å²) < 4.78 is 48.3. The van der Waals surface area contributed by atoms with Crippen molar-refractivity contribution in [2.24, 2.45) is 0 Å². The van der Waals surface area contributed by atoms with Crippen molar-refractivity contribution < 1.29 is 22.3 Å². The maximum absolute atomic E-state index is 13.5. The third kappa shape index (κ3) is 3.99. The number of carbonyl (C=O) groups is 1. The van der Waals surface area contributed by atoms with Gasteiger partial charge in [-0.3, -0.25) is 9.52 Å². The molecule has 0 radical (unpaired) electrons. The summed E-state index contributed by atoms with van der Waals surface area (Å²) in [4.78, 5) is 16.8. The summed E-state index contributed by atoms with van der Waals surface area (Å²) in [5.74, 6) is -0.101. The van der Waals surface area contributed by atoms with Crippen molar-refractivity contribution in [2.75, 3.05) is 22.8 Å². The predicted molar refractivity (Wildman–Crippen MR) is 129 cm³/mol. The molecule has 7 nitrogen and oxygen atoms in total. The molecule has 1 amide bonds. The van der Waals surface area contributed by atoms with Gasteiger partial charge in [0.15, 0.2) is 0 Å². The van der Waals surface area contributed by atoms with Crippen LogP contribution in [-0.4, -0.2) is 32.5 Å². The minimum absolute atomic E-state index is 0.0724. The molecule has 4 aromatic rings. The van der Waals surface area contributed by atoms with Gasteiger partial charge in [-0.2, -0.15) is 0 Å². The van der Waals surface area contributed by atoms with Gasteiger partial charge in [0.05, 0.1) is 17.1 Å². The zero-order chi connectivity index (χ0) is 24.0. The second-order valence-corrected chi connectivity index (χ2v) is 9.86. The third-order valence-electron chi connectivity index (χ3n) is 5.80. The number of amides is 1. The van der Waals surface area contributed by atoms with Crippen molar-refractivity contribution in [1.29, 1.82) is 0 Å². The molecular formula is C25H22FN3O4S. The second-order valence-electron chi connectivity index (χ2n) is 8.21. The molecule has 1 aromatic heterocycles. The van der Waals surface area contributed by atoms with Gasteiger partial charge >= 0.3 is 0 Å². The van der Waals surface area contributed by atoms with E-state index in [-0.39, 0.29) is 16.6 Å².